The molecule has 2 aromatic carbocycles. The number of rotatable bonds is 7. The molecule has 1 aliphatic heterocycles. The van der Waals surface area contributed by atoms with Gasteiger partial charge in [0.15, 0.2) is 5.17 Å². The van der Waals surface area contributed by atoms with Gasteiger partial charge in [0, 0.05) is 22.5 Å². The first-order valence-electron chi connectivity index (χ1n) is 11.9. The minimum absolute atomic E-state index is 0.0130. The SMILES string of the molecule is C=CCOc1ccccc1/C=C1\S/C(=N/c2nc(-c3ccccc3)cs2)N(C2CCCCC2)C1=O. The largest absolute Gasteiger partial charge is 0.489 e. The molecular formula is C28H27N3O2S2. The van der Waals surface area contributed by atoms with Crippen LogP contribution < -0.4 is 4.74 Å². The topological polar surface area (TPSA) is 54.8 Å². The summed E-state index contributed by atoms with van der Waals surface area (Å²) in [4.78, 5) is 25.8. The van der Waals surface area contributed by atoms with Crippen LogP contribution in [-0.4, -0.2) is 33.6 Å². The molecule has 1 aromatic heterocycles. The van der Waals surface area contributed by atoms with Gasteiger partial charge in [-0.1, -0.05) is 80.4 Å². The van der Waals surface area contributed by atoms with E-state index >= 15 is 0 Å². The molecule has 1 amide bonds. The maximum atomic E-state index is 13.6. The average Bonchev–Trinajstić information content (AvgIpc) is 3.49. The van der Waals surface area contributed by atoms with E-state index in [1.165, 1.54) is 29.5 Å². The molecule has 2 aliphatic rings. The van der Waals surface area contributed by atoms with E-state index in [1.54, 1.807) is 6.08 Å². The quantitative estimate of drug-likeness (QED) is 0.252. The molecule has 7 heteroatoms. The summed E-state index contributed by atoms with van der Waals surface area (Å²) in [5.41, 5.74) is 2.83. The zero-order valence-electron chi connectivity index (χ0n) is 19.4. The van der Waals surface area contributed by atoms with E-state index in [0.29, 0.717) is 21.8 Å². The molecule has 0 spiro atoms. The molecule has 0 atom stereocenters. The van der Waals surface area contributed by atoms with Crippen LogP contribution >= 0.6 is 23.1 Å². The van der Waals surface area contributed by atoms with Crippen LogP contribution in [0, 0.1) is 0 Å². The molecular weight excluding hydrogens is 474 g/mol. The number of nitrogens with zero attached hydrogens (tertiary/aromatic N) is 3. The number of amidine groups is 1. The highest BCUT2D eigenvalue weighted by Crippen LogP contribution is 2.40. The van der Waals surface area contributed by atoms with Crippen molar-refractivity contribution in [1.29, 1.82) is 0 Å². The molecule has 0 N–H and O–H groups in total. The molecule has 3 aromatic rings. The number of ether oxygens (including phenoxy) is 1. The van der Waals surface area contributed by atoms with Gasteiger partial charge in [-0.2, -0.15) is 4.99 Å². The molecule has 5 nitrogen and oxygen atoms in total. The second-order valence-electron chi connectivity index (χ2n) is 8.49. The minimum atomic E-state index is 0.0130. The third-order valence-corrected chi connectivity index (χ3v) is 7.81. The number of thiazole rings is 1. The van der Waals surface area contributed by atoms with Crippen molar-refractivity contribution >= 4 is 45.4 Å². The lowest BCUT2D eigenvalue weighted by molar-refractivity contribution is -0.124. The number of para-hydroxylation sites is 1. The van der Waals surface area contributed by atoms with Crippen LogP contribution in [0.2, 0.25) is 0 Å². The van der Waals surface area contributed by atoms with Gasteiger partial charge >= 0.3 is 0 Å². The predicted molar refractivity (Wildman–Crippen MR) is 146 cm³/mol. The van der Waals surface area contributed by atoms with Gasteiger partial charge in [-0.05, 0) is 36.7 Å². The minimum Gasteiger partial charge on any atom is -0.489 e. The Morgan fingerprint density at radius 3 is 2.66 bits per heavy atom. The van der Waals surface area contributed by atoms with Crippen LogP contribution in [0.1, 0.15) is 37.7 Å². The van der Waals surface area contributed by atoms with E-state index in [1.807, 2.05) is 71.0 Å². The van der Waals surface area contributed by atoms with E-state index in [4.69, 9.17) is 14.7 Å². The predicted octanol–water partition coefficient (Wildman–Crippen LogP) is 7.31. The lowest BCUT2D eigenvalue weighted by Gasteiger charge is -2.30. The number of hydrogen-bond acceptors (Lipinski definition) is 6. The summed E-state index contributed by atoms with van der Waals surface area (Å²) in [5.74, 6) is 0.745. The van der Waals surface area contributed by atoms with Gasteiger partial charge in [0.1, 0.15) is 12.4 Å². The third-order valence-electron chi connectivity index (χ3n) is 6.09. The summed E-state index contributed by atoms with van der Waals surface area (Å²) in [6, 6.07) is 18.0. The summed E-state index contributed by atoms with van der Waals surface area (Å²) in [6.45, 7) is 4.14. The molecule has 178 valence electrons. The normalized spacial score (nSPS) is 19.0. The average molecular weight is 502 g/mol. The fourth-order valence-corrected chi connectivity index (χ4v) is 6.17. The van der Waals surface area contributed by atoms with Crippen molar-refractivity contribution in [3.8, 4) is 17.0 Å². The van der Waals surface area contributed by atoms with Crippen molar-refractivity contribution in [1.82, 2.24) is 9.88 Å². The lowest BCUT2D eigenvalue weighted by atomic mass is 9.94. The number of carbonyl (C=O) groups excluding carboxylic acids is 1. The molecule has 2 fully saturated rings. The lowest BCUT2D eigenvalue weighted by Crippen LogP contribution is -2.40. The maximum Gasteiger partial charge on any atom is 0.267 e. The molecule has 0 radical (unpaired) electrons. The van der Waals surface area contributed by atoms with Gasteiger partial charge < -0.3 is 4.74 Å². The summed E-state index contributed by atoms with van der Waals surface area (Å²) < 4.78 is 5.81. The second kappa shape index (κ2) is 11.1. The summed E-state index contributed by atoms with van der Waals surface area (Å²) in [5, 5.41) is 3.40. The van der Waals surface area contributed by atoms with E-state index < -0.39 is 0 Å². The maximum absolute atomic E-state index is 13.6. The van der Waals surface area contributed by atoms with Crippen molar-refractivity contribution < 1.29 is 9.53 Å². The molecule has 5 rings (SSSR count). The molecule has 1 aliphatic carbocycles. The molecule has 0 unspecified atom stereocenters. The van der Waals surface area contributed by atoms with Crippen molar-refractivity contribution in [2.75, 3.05) is 6.61 Å². The molecule has 35 heavy (non-hydrogen) atoms. The zero-order chi connectivity index (χ0) is 24.0. The Bertz CT molecular complexity index is 1260. The highest BCUT2D eigenvalue weighted by molar-refractivity contribution is 8.18. The Hall–Kier alpha value is -3.16. The van der Waals surface area contributed by atoms with E-state index in [0.717, 1.165) is 48.3 Å². The Kier molecular flexibility index (Phi) is 7.45. The van der Waals surface area contributed by atoms with E-state index in [9.17, 15) is 4.79 Å². The van der Waals surface area contributed by atoms with Gasteiger partial charge in [-0.15, -0.1) is 11.3 Å². The highest BCUT2D eigenvalue weighted by atomic mass is 32.2. The number of hydrogen-bond donors (Lipinski definition) is 0. The van der Waals surface area contributed by atoms with E-state index in [-0.39, 0.29) is 11.9 Å². The van der Waals surface area contributed by atoms with Gasteiger partial charge in [-0.3, -0.25) is 9.69 Å². The zero-order valence-corrected chi connectivity index (χ0v) is 21.1. The summed E-state index contributed by atoms with van der Waals surface area (Å²) >= 11 is 2.93. The Morgan fingerprint density at radius 1 is 1.09 bits per heavy atom. The Morgan fingerprint density at radius 2 is 1.86 bits per heavy atom. The monoisotopic (exact) mass is 501 g/mol. The van der Waals surface area contributed by atoms with Crippen molar-refractivity contribution in [3.63, 3.8) is 0 Å². The first-order chi connectivity index (χ1) is 17.2. The van der Waals surface area contributed by atoms with Crippen molar-refractivity contribution in [2.24, 2.45) is 4.99 Å². The van der Waals surface area contributed by atoms with Gasteiger partial charge in [0.2, 0.25) is 5.13 Å². The second-order valence-corrected chi connectivity index (χ2v) is 10.3. The fraction of sp³-hybridized carbons (Fsp3) is 0.250. The highest BCUT2D eigenvalue weighted by Gasteiger charge is 2.39. The fourth-order valence-electron chi connectivity index (χ4n) is 4.39. The first-order valence-corrected chi connectivity index (χ1v) is 13.6. The number of aromatic nitrogens is 1. The van der Waals surface area contributed by atoms with Gasteiger partial charge in [0.25, 0.3) is 5.91 Å². The Balaban J connectivity index is 1.48. The Labute approximate surface area is 214 Å². The summed E-state index contributed by atoms with van der Waals surface area (Å²) in [7, 11) is 0. The molecule has 2 heterocycles. The third kappa shape index (κ3) is 5.41. The smallest absolute Gasteiger partial charge is 0.267 e. The van der Waals surface area contributed by atoms with Crippen molar-refractivity contribution in [2.45, 2.75) is 38.1 Å². The van der Waals surface area contributed by atoms with Crippen LogP contribution in [0.3, 0.4) is 0 Å². The first kappa shape index (κ1) is 23.6. The number of thioether (sulfide) groups is 1. The number of benzene rings is 2. The van der Waals surface area contributed by atoms with Crippen LogP contribution in [0.4, 0.5) is 5.13 Å². The van der Waals surface area contributed by atoms with Crippen LogP contribution in [-0.2, 0) is 4.79 Å². The molecule has 1 saturated carbocycles. The number of aliphatic imine (C=N–C) groups is 1. The van der Waals surface area contributed by atoms with E-state index in [2.05, 4.69) is 6.58 Å². The number of amides is 1. The van der Waals surface area contributed by atoms with Gasteiger partial charge in [0.05, 0.1) is 10.6 Å². The van der Waals surface area contributed by atoms with Crippen LogP contribution in [0.5, 0.6) is 5.75 Å². The van der Waals surface area contributed by atoms with Crippen molar-refractivity contribution in [3.05, 3.63) is 83.1 Å². The van der Waals surface area contributed by atoms with Crippen LogP contribution in [0.25, 0.3) is 17.3 Å². The molecule has 0 bridgehead atoms. The molecule has 1 saturated heterocycles. The summed E-state index contributed by atoms with van der Waals surface area (Å²) in [6.07, 6.45) is 9.14. The standard InChI is InChI=1S/C28H27N3O2S2/c1-2-17-33-24-16-10-9-13-21(24)18-25-26(32)31(22-14-7-4-8-15-22)28(35-25)30-27-29-23(19-34-27)20-11-5-3-6-12-20/h2-3,5-6,9-13,16,18-19,22H,1,4,7-8,14-15,17H2/b25-18-,30-28+. The number of carbonyl (C=O) groups is 1. The van der Waals surface area contributed by atoms with Gasteiger partial charge in [-0.25, -0.2) is 4.98 Å². The van der Waals surface area contributed by atoms with Crippen LogP contribution in [0.15, 0.2) is 82.5 Å².